The van der Waals surface area contributed by atoms with E-state index in [1.165, 1.54) is 0 Å². The average molecular weight is 401 g/mol. The van der Waals surface area contributed by atoms with E-state index >= 15 is 0 Å². The summed E-state index contributed by atoms with van der Waals surface area (Å²) in [5, 5.41) is 0. The number of sulfone groups is 1. The van der Waals surface area contributed by atoms with Crippen LogP contribution >= 0.6 is 15.9 Å². The van der Waals surface area contributed by atoms with Crippen molar-refractivity contribution >= 4 is 41.5 Å². The number of nitrogen functional groups attached to an aromatic ring is 1. The molecule has 0 atom stereocenters. The Morgan fingerprint density at radius 1 is 1.29 bits per heavy atom. The molecular weight excluding hydrogens is 387 g/mol. The lowest BCUT2D eigenvalue weighted by Crippen LogP contribution is -2.41. The van der Waals surface area contributed by atoms with Gasteiger partial charge in [0.25, 0.3) is 0 Å². The van der Waals surface area contributed by atoms with E-state index in [2.05, 4.69) is 20.7 Å². The van der Waals surface area contributed by atoms with Crippen LogP contribution in [-0.4, -0.2) is 34.4 Å². The lowest BCUT2D eigenvalue weighted by atomic mass is 10.2. The quantitative estimate of drug-likeness (QED) is 0.736. The van der Waals surface area contributed by atoms with Crippen molar-refractivity contribution < 1.29 is 21.2 Å². The third-order valence-electron chi connectivity index (χ3n) is 3.22. The minimum atomic E-state index is -3.93. The number of rotatable bonds is 3. The molecule has 1 aliphatic heterocycles. The average Bonchev–Trinajstić information content (AvgIpc) is 2.36. The number of hydrogen-bond acceptors (Lipinski definition) is 5. The molecule has 2 rings (SSSR count). The van der Waals surface area contributed by atoms with Gasteiger partial charge in [-0.25, -0.2) is 25.9 Å². The molecule has 1 aliphatic rings. The fourth-order valence-electron chi connectivity index (χ4n) is 2.07. The maximum Gasteiger partial charge on any atom is 0.242 e. The zero-order valence-corrected chi connectivity index (χ0v) is 14.1. The first-order chi connectivity index (χ1) is 9.61. The Hall–Kier alpha value is -0.710. The molecule has 118 valence electrons. The zero-order chi connectivity index (χ0) is 15.8. The molecule has 1 fully saturated rings. The number of halogens is 2. The first-order valence-corrected chi connectivity index (χ1v) is 10.2. The highest BCUT2D eigenvalue weighted by Gasteiger charge is 2.28. The molecule has 3 N–H and O–H groups in total. The second-order valence-corrected chi connectivity index (χ2v) is 9.69. The fraction of sp³-hybridized carbons (Fsp3) is 0.455. The molecule has 6 nitrogen and oxygen atoms in total. The molecule has 1 aromatic carbocycles. The van der Waals surface area contributed by atoms with Gasteiger partial charge in [-0.2, -0.15) is 0 Å². The third-order valence-corrected chi connectivity index (χ3v) is 7.12. The molecular formula is C11H14BrFN2O4S2. The van der Waals surface area contributed by atoms with Gasteiger partial charge in [-0.15, -0.1) is 0 Å². The van der Waals surface area contributed by atoms with Crippen LogP contribution in [0.3, 0.4) is 0 Å². The van der Waals surface area contributed by atoms with Crippen molar-refractivity contribution in [3.63, 3.8) is 0 Å². The van der Waals surface area contributed by atoms with Gasteiger partial charge in [-0.05, 0) is 40.9 Å². The zero-order valence-electron chi connectivity index (χ0n) is 10.8. The molecule has 0 aliphatic carbocycles. The van der Waals surface area contributed by atoms with Crippen LogP contribution in [0.2, 0.25) is 0 Å². The molecule has 0 saturated carbocycles. The van der Waals surface area contributed by atoms with Crippen molar-refractivity contribution in [2.45, 2.75) is 23.8 Å². The van der Waals surface area contributed by atoms with E-state index in [1.807, 2.05) is 0 Å². The molecule has 0 aromatic heterocycles. The minimum absolute atomic E-state index is 0.0108. The Balaban J connectivity index is 2.22. The standard InChI is InChI=1S/C11H14BrFN2O4S2/c12-8-5-11(10(14)6-9(8)13)21(18,19)15-7-1-3-20(16,17)4-2-7/h5-7,15H,1-4,14H2. The summed E-state index contributed by atoms with van der Waals surface area (Å²) in [6.07, 6.45) is 0.424. The molecule has 1 saturated heterocycles. The number of nitrogens with one attached hydrogen (secondary N) is 1. The Kier molecular flexibility index (Phi) is 4.62. The van der Waals surface area contributed by atoms with Gasteiger partial charge in [0.1, 0.15) is 20.5 Å². The van der Waals surface area contributed by atoms with Gasteiger partial charge in [-0.3, -0.25) is 0 Å². The highest BCUT2D eigenvalue weighted by atomic mass is 79.9. The Morgan fingerprint density at radius 2 is 1.86 bits per heavy atom. The van der Waals surface area contributed by atoms with E-state index in [1.54, 1.807) is 0 Å². The van der Waals surface area contributed by atoms with Gasteiger partial charge in [0.2, 0.25) is 10.0 Å². The number of anilines is 1. The molecule has 0 bridgehead atoms. The maximum absolute atomic E-state index is 13.3. The van der Waals surface area contributed by atoms with E-state index in [0.29, 0.717) is 0 Å². The number of hydrogen-bond donors (Lipinski definition) is 2. The van der Waals surface area contributed by atoms with E-state index in [-0.39, 0.29) is 39.4 Å². The topological polar surface area (TPSA) is 106 Å². The van der Waals surface area contributed by atoms with Crippen LogP contribution in [0.5, 0.6) is 0 Å². The summed E-state index contributed by atoms with van der Waals surface area (Å²) in [5.74, 6) is -0.763. The molecule has 1 heterocycles. The molecule has 0 amide bonds. The smallest absolute Gasteiger partial charge is 0.242 e. The van der Waals surface area contributed by atoms with Crippen molar-refractivity contribution in [3.05, 3.63) is 22.4 Å². The third kappa shape index (κ3) is 3.93. The van der Waals surface area contributed by atoms with Crippen LogP contribution in [-0.2, 0) is 19.9 Å². The monoisotopic (exact) mass is 400 g/mol. The summed E-state index contributed by atoms with van der Waals surface area (Å²) >= 11 is 2.91. The molecule has 1 aromatic rings. The summed E-state index contributed by atoms with van der Waals surface area (Å²) in [5.41, 5.74) is 5.35. The summed E-state index contributed by atoms with van der Waals surface area (Å²) in [6, 6.07) is 1.54. The van der Waals surface area contributed by atoms with Gasteiger partial charge >= 0.3 is 0 Å². The van der Waals surface area contributed by atoms with Crippen LogP contribution in [0, 0.1) is 5.82 Å². The van der Waals surface area contributed by atoms with Gasteiger partial charge in [0.15, 0.2) is 0 Å². The first-order valence-electron chi connectivity index (χ1n) is 6.08. The number of nitrogens with two attached hydrogens (primary N) is 1. The van der Waals surface area contributed by atoms with Gasteiger partial charge in [0, 0.05) is 6.04 Å². The first kappa shape index (κ1) is 16.7. The van der Waals surface area contributed by atoms with E-state index < -0.39 is 31.7 Å². The van der Waals surface area contributed by atoms with Crippen molar-refractivity contribution in [1.82, 2.24) is 4.72 Å². The summed E-state index contributed by atoms with van der Waals surface area (Å²) < 4.78 is 62.9. The fourth-order valence-corrected chi connectivity index (χ4v) is 5.50. The molecule has 0 spiro atoms. The van der Waals surface area contributed by atoms with Crippen LogP contribution in [0.25, 0.3) is 0 Å². The van der Waals surface area contributed by atoms with Gasteiger partial charge in [-0.1, -0.05) is 0 Å². The van der Waals surface area contributed by atoms with Crippen LogP contribution in [0.1, 0.15) is 12.8 Å². The Bertz CT molecular complexity index is 751. The maximum atomic E-state index is 13.3. The highest BCUT2D eigenvalue weighted by molar-refractivity contribution is 9.10. The number of sulfonamides is 1. The lowest BCUT2D eigenvalue weighted by Gasteiger charge is -2.23. The predicted octanol–water partition coefficient (Wildman–Crippen LogP) is 1.03. The van der Waals surface area contributed by atoms with Crippen LogP contribution in [0.15, 0.2) is 21.5 Å². The predicted molar refractivity (Wildman–Crippen MR) is 80.5 cm³/mol. The van der Waals surface area contributed by atoms with E-state index in [0.717, 1.165) is 12.1 Å². The van der Waals surface area contributed by atoms with Crippen molar-refractivity contribution in [1.29, 1.82) is 0 Å². The summed E-state index contributed by atoms with van der Waals surface area (Å²) in [7, 11) is -7.01. The summed E-state index contributed by atoms with van der Waals surface area (Å²) in [4.78, 5) is -0.232. The minimum Gasteiger partial charge on any atom is -0.398 e. The second kappa shape index (κ2) is 5.82. The Labute approximate surface area is 131 Å². The molecule has 0 radical (unpaired) electrons. The molecule has 0 unspecified atom stereocenters. The van der Waals surface area contributed by atoms with Crippen molar-refractivity contribution in [2.75, 3.05) is 17.2 Å². The summed E-state index contributed by atoms with van der Waals surface area (Å²) in [6.45, 7) is 0. The van der Waals surface area contributed by atoms with Crippen molar-refractivity contribution in [2.24, 2.45) is 0 Å². The van der Waals surface area contributed by atoms with Crippen molar-refractivity contribution in [3.8, 4) is 0 Å². The number of benzene rings is 1. The highest BCUT2D eigenvalue weighted by Crippen LogP contribution is 2.27. The Morgan fingerprint density at radius 3 is 2.43 bits per heavy atom. The van der Waals surface area contributed by atoms with Crippen LogP contribution in [0.4, 0.5) is 10.1 Å². The SMILES string of the molecule is Nc1cc(F)c(Br)cc1S(=O)(=O)NC1CCS(=O)(=O)CC1. The molecule has 21 heavy (non-hydrogen) atoms. The normalized spacial score (nSPS) is 19.5. The molecule has 10 heteroatoms. The van der Waals surface area contributed by atoms with Gasteiger partial charge < -0.3 is 5.73 Å². The van der Waals surface area contributed by atoms with Gasteiger partial charge in [0.05, 0.1) is 21.7 Å². The van der Waals surface area contributed by atoms with E-state index in [9.17, 15) is 21.2 Å². The lowest BCUT2D eigenvalue weighted by molar-refractivity contribution is 0.505. The van der Waals surface area contributed by atoms with Crippen LogP contribution < -0.4 is 10.5 Å². The second-order valence-electron chi connectivity index (χ2n) is 4.85. The largest absolute Gasteiger partial charge is 0.398 e. The van der Waals surface area contributed by atoms with E-state index in [4.69, 9.17) is 5.73 Å².